The molecule has 1 fully saturated rings. The van der Waals surface area contributed by atoms with Crippen molar-refractivity contribution in [3.05, 3.63) is 36.0 Å². The second-order valence-electron chi connectivity index (χ2n) is 5.13. The summed E-state index contributed by atoms with van der Waals surface area (Å²) in [5, 5.41) is 1.40. The summed E-state index contributed by atoms with van der Waals surface area (Å²) in [6, 6.07) is 8.61. The van der Waals surface area contributed by atoms with E-state index in [4.69, 9.17) is 0 Å². The Morgan fingerprint density at radius 1 is 1.26 bits per heavy atom. The summed E-state index contributed by atoms with van der Waals surface area (Å²) in [6.45, 7) is 0. The third-order valence-electron chi connectivity index (χ3n) is 3.71. The van der Waals surface area contributed by atoms with E-state index in [1.807, 2.05) is 0 Å². The molecule has 2 aromatic rings. The zero-order valence-corrected chi connectivity index (χ0v) is 12.9. The largest absolute Gasteiger partial charge is 0.361 e. The molecule has 1 unspecified atom stereocenters. The Labute approximate surface area is 123 Å². The van der Waals surface area contributed by atoms with Crippen LogP contribution in [0.15, 0.2) is 30.5 Å². The quantitative estimate of drug-likeness (QED) is 0.773. The first-order chi connectivity index (χ1) is 9.43. The molecule has 0 aliphatic carbocycles. The molecule has 0 spiro atoms. The fourth-order valence-corrected chi connectivity index (χ4v) is 5.49. The molecule has 1 aliphatic rings. The third-order valence-corrected chi connectivity index (χ3v) is 6.79. The molecule has 1 saturated heterocycles. The second-order valence-corrected chi connectivity index (χ2v) is 8.05. The van der Waals surface area contributed by atoms with Crippen LogP contribution in [0.2, 0.25) is 0 Å². The van der Waals surface area contributed by atoms with Crippen LogP contribution in [0.25, 0.3) is 10.9 Å². The highest BCUT2D eigenvalue weighted by molar-refractivity contribution is 8.17. The fourth-order valence-electron chi connectivity index (χ4n) is 2.66. The lowest BCUT2D eigenvalue weighted by atomic mass is 10.1. The average molecular weight is 291 g/mol. The number of para-hydroxylation sites is 1. The van der Waals surface area contributed by atoms with Gasteiger partial charge >= 0.3 is 0 Å². The maximum absolute atomic E-state index is 3.37. The van der Waals surface area contributed by atoms with E-state index < -0.39 is 0 Å². The van der Waals surface area contributed by atoms with Crippen molar-refractivity contribution in [1.82, 2.24) is 4.98 Å². The highest BCUT2D eigenvalue weighted by Crippen LogP contribution is 2.34. The molecule has 3 rings (SSSR count). The van der Waals surface area contributed by atoms with Gasteiger partial charge in [-0.3, -0.25) is 0 Å². The third kappa shape index (κ3) is 3.51. The van der Waals surface area contributed by atoms with Gasteiger partial charge in [-0.05, 0) is 48.8 Å². The van der Waals surface area contributed by atoms with Gasteiger partial charge in [-0.2, -0.15) is 0 Å². The van der Waals surface area contributed by atoms with Gasteiger partial charge in [-0.15, -0.1) is 23.5 Å². The molecular formula is C16H21NS2. The number of hydrogen-bond acceptors (Lipinski definition) is 2. The fraction of sp³-hybridized carbons (Fsp3) is 0.500. The van der Waals surface area contributed by atoms with Crippen molar-refractivity contribution in [3.8, 4) is 0 Å². The van der Waals surface area contributed by atoms with E-state index in [1.165, 1.54) is 60.1 Å². The number of thioether (sulfide) groups is 2. The summed E-state index contributed by atoms with van der Waals surface area (Å²) in [7, 11) is 0. The van der Waals surface area contributed by atoms with Crippen molar-refractivity contribution in [2.45, 2.75) is 36.7 Å². The molecule has 0 radical (unpaired) electrons. The standard InChI is InChI=1S/C16H21NS2/c1-2-8-15-14(7-1)13(12-17-15)6-5-11-19-16-9-3-4-10-18-16/h1-2,7-8,12,16-17H,3-6,9-11H2. The van der Waals surface area contributed by atoms with E-state index in [1.54, 1.807) is 0 Å². The Morgan fingerprint density at radius 3 is 3.11 bits per heavy atom. The molecule has 0 saturated carbocycles. The molecule has 1 atom stereocenters. The average Bonchev–Trinajstić information content (AvgIpc) is 2.88. The van der Waals surface area contributed by atoms with Crippen molar-refractivity contribution in [2.75, 3.05) is 11.5 Å². The minimum atomic E-state index is 0.872. The number of rotatable bonds is 5. The highest BCUT2D eigenvalue weighted by atomic mass is 32.2. The van der Waals surface area contributed by atoms with Crippen LogP contribution in [0.1, 0.15) is 31.2 Å². The number of fused-ring (bicyclic) bond motifs is 1. The van der Waals surface area contributed by atoms with E-state index >= 15 is 0 Å². The van der Waals surface area contributed by atoms with Gasteiger partial charge in [-0.1, -0.05) is 24.6 Å². The van der Waals surface area contributed by atoms with Crippen LogP contribution in [0.3, 0.4) is 0 Å². The number of H-pyrrole nitrogens is 1. The van der Waals surface area contributed by atoms with Crippen molar-refractivity contribution in [1.29, 1.82) is 0 Å². The number of aromatic amines is 1. The number of benzene rings is 1. The molecule has 0 bridgehead atoms. The first-order valence-corrected chi connectivity index (χ1v) is 9.31. The number of nitrogens with one attached hydrogen (secondary N) is 1. The van der Waals surface area contributed by atoms with Crippen molar-refractivity contribution >= 4 is 34.4 Å². The van der Waals surface area contributed by atoms with Crippen LogP contribution in [-0.4, -0.2) is 21.1 Å². The van der Waals surface area contributed by atoms with Gasteiger partial charge < -0.3 is 4.98 Å². The van der Waals surface area contributed by atoms with Crippen LogP contribution < -0.4 is 0 Å². The first-order valence-electron chi connectivity index (χ1n) is 7.22. The Bertz CT molecular complexity index is 514. The number of aryl methyl sites for hydroxylation is 1. The normalized spacial score (nSPS) is 19.9. The Hall–Kier alpha value is -0.540. The highest BCUT2D eigenvalue weighted by Gasteiger charge is 2.13. The van der Waals surface area contributed by atoms with Gasteiger partial charge in [0.15, 0.2) is 0 Å². The van der Waals surface area contributed by atoms with Gasteiger partial charge in [0.05, 0.1) is 4.58 Å². The Morgan fingerprint density at radius 2 is 2.21 bits per heavy atom. The molecule has 1 aromatic heterocycles. The summed E-state index contributed by atoms with van der Waals surface area (Å²) in [5.74, 6) is 2.68. The Balaban J connectivity index is 1.47. The molecule has 0 amide bonds. The van der Waals surface area contributed by atoms with Crippen LogP contribution in [0, 0.1) is 0 Å². The lowest BCUT2D eigenvalue weighted by Gasteiger charge is -2.20. The monoisotopic (exact) mass is 291 g/mol. The molecular weight excluding hydrogens is 270 g/mol. The second kappa shape index (κ2) is 6.76. The molecule has 1 N–H and O–H groups in total. The van der Waals surface area contributed by atoms with Gasteiger partial charge in [0.1, 0.15) is 0 Å². The van der Waals surface area contributed by atoms with Crippen LogP contribution in [0.4, 0.5) is 0 Å². The van der Waals surface area contributed by atoms with Crippen LogP contribution >= 0.6 is 23.5 Å². The van der Waals surface area contributed by atoms with Crippen molar-refractivity contribution in [2.24, 2.45) is 0 Å². The van der Waals surface area contributed by atoms with Gasteiger partial charge in [0.25, 0.3) is 0 Å². The molecule has 1 aliphatic heterocycles. The summed E-state index contributed by atoms with van der Waals surface area (Å²) < 4.78 is 0.872. The topological polar surface area (TPSA) is 15.8 Å². The van der Waals surface area contributed by atoms with Crippen molar-refractivity contribution in [3.63, 3.8) is 0 Å². The van der Waals surface area contributed by atoms with E-state index in [2.05, 4.69) is 59.0 Å². The van der Waals surface area contributed by atoms with Gasteiger partial charge in [-0.25, -0.2) is 0 Å². The summed E-state index contributed by atoms with van der Waals surface area (Å²) in [4.78, 5) is 3.37. The zero-order valence-electron chi connectivity index (χ0n) is 11.2. The maximum atomic E-state index is 3.37. The van der Waals surface area contributed by atoms with E-state index in [0.717, 1.165) is 4.58 Å². The van der Waals surface area contributed by atoms with E-state index in [0.29, 0.717) is 0 Å². The van der Waals surface area contributed by atoms with Crippen LogP contribution in [-0.2, 0) is 6.42 Å². The first kappa shape index (κ1) is 13.4. The van der Waals surface area contributed by atoms with E-state index in [9.17, 15) is 0 Å². The predicted octanol–water partition coefficient (Wildman–Crippen LogP) is 5.08. The number of hydrogen-bond donors (Lipinski definition) is 1. The minimum Gasteiger partial charge on any atom is -0.361 e. The SMILES string of the molecule is c1ccc2c(CCCSC3CCCCS3)c[nH]c2c1. The molecule has 102 valence electrons. The number of aromatic nitrogens is 1. The lowest BCUT2D eigenvalue weighted by molar-refractivity contribution is 0.746. The zero-order chi connectivity index (χ0) is 12.9. The summed E-state index contributed by atoms with van der Waals surface area (Å²) in [5.41, 5.74) is 2.75. The molecule has 1 nitrogen and oxygen atoms in total. The molecule has 2 heterocycles. The Kier molecular flexibility index (Phi) is 4.78. The lowest BCUT2D eigenvalue weighted by Crippen LogP contribution is -2.05. The summed E-state index contributed by atoms with van der Waals surface area (Å²) >= 11 is 4.35. The van der Waals surface area contributed by atoms with Gasteiger partial charge in [0, 0.05) is 17.1 Å². The van der Waals surface area contributed by atoms with Gasteiger partial charge in [0.2, 0.25) is 0 Å². The molecule has 1 aromatic carbocycles. The van der Waals surface area contributed by atoms with E-state index in [-0.39, 0.29) is 0 Å². The molecule has 3 heteroatoms. The minimum absolute atomic E-state index is 0.872. The smallest absolute Gasteiger partial charge is 0.0502 e. The summed E-state index contributed by atoms with van der Waals surface area (Å²) in [6.07, 6.45) is 8.97. The predicted molar refractivity (Wildman–Crippen MR) is 89.2 cm³/mol. The van der Waals surface area contributed by atoms with Crippen molar-refractivity contribution < 1.29 is 0 Å². The molecule has 19 heavy (non-hydrogen) atoms. The maximum Gasteiger partial charge on any atom is 0.0502 e. The van der Waals surface area contributed by atoms with Crippen LogP contribution in [0.5, 0.6) is 0 Å².